The molecule has 0 aliphatic heterocycles. The number of hydrogen-bond acceptors (Lipinski definition) is 6. The molecule has 0 saturated heterocycles. The number of ether oxygens (including phenoxy) is 5. The summed E-state index contributed by atoms with van der Waals surface area (Å²) in [5, 5.41) is 0. The molecule has 7 unspecified atom stereocenters. The molecule has 188 valence electrons. The molecule has 0 aromatic rings. The van der Waals surface area contributed by atoms with Gasteiger partial charge in [0.1, 0.15) is 6.23 Å². The SMILES string of the molecule is CCC(OC)P(C(CC)OC)C(C)C(OC(C)N)C(C)P(C(CC)OC)C(CC)OC. The molecule has 0 aromatic heterocycles. The van der Waals surface area contributed by atoms with Crippen LogP contribution in [0, 0.1) is 0 Å². The zero-order chi connectivity index (χ0) is 24.1. The number of nitrogens with two attached hydrogens (primary N) is 1. The molecule has 0 heterocycles. The maximum atomic E-state index is 6.48. The minimum absolute atomic E-state index is 0.0287. The zero-order valence-electron chi connectivity index (χ0n) is 22.0. The molecular formula is C23H51NO5P2. The van der Waals surface area contributed by atoms with Crippen molar-refractivity contribution in [3.05, 3.63) is 0 Å². The van der Waals surface area contributed by atoms with Gasteiger partial charge in [-0.15, -0.1) is 0 Å². The first-order valence-corrected chi connectivity index (χ1v) is 14.9. The lowest BCUT2D eigenvalue weighted by molar-refractivity contribution is -0.00130. The Hall–Kier alpha value is 0.620. The molecule has 31 heavy (non-hydrogen) atoms. The highest BCUT2D eigenvalue weighted by atomic mass is 31.1. The van der Waals surface area contributed by atoms with Crippen molar-refractivity contribution in [1.29, 1.82) is 0 Å². The molecule has 2 N–H and O–H groups in total. The average Bonchev–Trinajstić information content (AvgIpc) is 2.77. The monoisotopic (exact) mass is 483 g/mol. The Morgan fingerprint density at radius 2 is 0.839 bits per heavy atom. The topological polar surface area (TPSA) is 72.2 Å². The highest BCUT2D eigenvalue weighted by Crippen LogP contribution is 2.60. The molecule has 0 rings (SSSR count). The van der Waals surface area contributed by atoms with E-state index in [-0.39, 0.29) is 47.0 Å². The Kier molecular flexibility index (Phi) is 17.5. The van der Waals surface area contributed by atoms with Crippen LogP contribution < -0.4 is 5.73 Å². The van der Waals surface area contributed by atoms with E-state index in [4.69, 9.17) is 29.4 Å². The molecule has 0 aromatic carbocycles. The molecule has 0 aliphatic carbocycles. The Morgan fingerprint density at radius 3 is 1.00 bits per heavy atom. The van der Waals surface area contributed by atoms with Crippen molar-refractivity contribution in [1.82, 2.24) is 0 Å². The van der Waals surface area contributed by atoms with Crippen molar-refractivity contribution < 1.29 is 23.7 Å². The van der Waals surface area contributed by atoms with Gasteiger partial charge < -0.3 is 29.4 Å². The van der Waals surface area contributed by atoms with E-state index in [9.17, 15) is 0 Å². The first-order chi connectivity index (χ1) is 14.7. The molecule has 0 amide bonds. The molecular weight excluding hydrogens is 432 g/mol. The minimum atomic E-state index is -0.628. The summed E-state index contributed by atoms with van der Waals surface area (Å²) >= 11 is 0. The summed E-state index contributed by atoms with van der Waals surface area (Å²) in [6.45, 7) is 15.3. The lowest BCUT2D eigenvalue weighted by Crippen LogP contribution is -2.44. The predicted molar refractivity (Wildman–Crippen MR) is 136 cm³/mol. The number of rotatable bonds is 18. The van der Waals surface area contributed by atoms with Crippen molar-refractivity contribution in [3.63, 3.8) is 0 Å². The van der Waals surface area contributed by atoms with Crippen LogP contribution in [-0.4, -0.2) is 75.5 Å². The lowest BCUT2D eigenvalue weighted by atomic mass is 10.2. The van der Waals surface area contributed by atoms with Gasteiger partial charge >= 0.3 is 0 Å². The first-order valence-electron chi connectivity index (χ1n) is 11.8. The Labute approximate surface area is 195 Å². The summed E-state index contributed by atoms with van der Waals surface area (Å²) in [4.78, 5) is 0. The summed E-state index contributed by atoms with van der Waals surface area (Å²) in [5.41, 5.74) is 6.70. The fourth-order valence-electron chi connectivity index (χ4n) is 4.63. The van der Waals surface area contributed by atoms with E-state index in [2.05, 4.69) is 41.5 Å². The third kappa shape index (κ3) is 9.06. The van der Waals surface area contributed by atoms with Crippen LogP contribution in [0.1, 0.15) is 74.1 Å². The van der Waals surface area contributed by atoms with Gasteiger partial charge in [-0.2, -0.15) is 0 Å². The van der Waals surface area contributed by atoms with Crippen molar-refractivity contribution in [2.75, 3.05) is 28.4 Å². The quantitative estimate of drug-likeness (QED) is 0.192. The maximum Gasteiger partial charge on any atom is 0.103 e. The van der Waals surface area contributed by atoms with Crippen molar-refractivity contribution in [3.8, 4) is 0 Å². The maximum absolute atomic E-state index is 6.48. The molecule has 0 saturated carbocycles. The van der Waals surface area contributed by atoms with Gasteiger partial charge in [0.2, 0.25) is 0 Å². The summed E-state index contributed by atoms with van der Waals surface area (Å²) in [5.74, 6) is 0.616. The van der Waals surface area contributed by atoms with Crippen LogP contribution in [0.3, 0.4) is 0 Å². The van der Waals surface area contributed by atoms with Gasteiger partial charge in [-0.05, 0) is 48.5 Å². The van der Waals surface area contributed by atoms with Crippen molar-refractivity contribution in [2.45, 2.75) is 121 Å². The molecule has 0 bridgehead atoms. The van der Waals surface area contributed by atoms with E-state index in [1.54, 1.807) is 0 Å². The van der Waals surface area contributed by atoms with Crippen LogP contribution in [0.2, 0.25) is 0 Å². The van der Waals surface area contributed by atoms with Crippen molar-refractivity contribution in [2.24, 2.45) is 5.73 Å². The summed E-state index contributed by atoms with van der Waals surface area (Å²) in [7, 11) is 5.99. The van der Waals surface area contributed by atoms with E-state index in [0.717, 1.165) is 25.7 Å². The van der Waals surface area contributed by atoms with Gasteiger partial charge in [-0.1, -0.05) is 41.5 Å². The van der Waals surface area contributed by atoms with E-state index in [0.29, 0.717) is 0 Å². The van der Waals surface area contributed by atoms with Crippen LogP contribution in [0.5, 0.6) is 0 Å². The second-order valence-electron chi connectivity index (χ2n) is 8.08. The van der Waals surface area contributed by atoms with Crippen LogP contribution in [-0.2, 0) is 23.7 Å². The van der Waals surface area contributed by atoms with Crippen LogP contribution in [0.15, 0.2) is 0 Å². The summed E-state index contributed by atoms with van der Waals surface area (Å²) in [6, 6.07) is 0. The summed E-state index contributed by atoms with van der Waals surface area (Å²) < 4.78 is 30.3. The molecule has 0 spiro atoms. The summed E-state index contributed by atoms with van der Waals surface area (Å²) in [6.07, 6.45) is 3.42. The second-order valence-corrected chi connectivity index (χ2v) is 13.8. The standard InChI is InChI=1S/C23H51NO5P2/c1-12-19(25-8)30(20(13-2)26-9)16(5)23(29-18(7)24)17(6)31(21(14-3)27-10)22(15-4)28-11/h16-23H,12-15,24H2,1-11H3. The van der Waals surface area contributed by atoms with Gasteiger partial charge in [0.05, 0.1) is 29.5 Å². The van der Waals surface area contributed by atoms with Crippen molar-refractivity contribution >= 4 is 15.8 Å². The smallest absolute Gasteiger partial charge is 0.103 e. The average molecular weight is 484 g/mol. The Balaban J connectivity index is 6.32. The molecule has 7 atom stereocenters. The van der Waals surface area contributed by atoms with E-state index in [1.165, 1.54) is 0 Å². The van der Waals surface area contributed by atoms with Gasteiger partial charge in [0.25, 0.3) is 0 Å². The van der Waals surface area contributed by atoms with Crippen LogP contribution in [0.4, 0.5) is 0 Å². The van der Waals surface area contributed by atoms with E-state index >= 15 is 0 Å². The van der Waals surface area contributed by atoms with Crippen LogP contribution in [0.25, 0.3) is 0 Å². The fourth-order valence-corrected chi connectivity index (χ4v) is 11.6. The second kappa shape index (κ2) is 17.1. The van der Waals surface area contributed by atoms with E-state index in [1.807, 2.05) is 35.4 Å². The highest BCUT2D eigenvalue weighted by molar-refractivity contribution is 7.60. The van der Waals surface area contributed by atoms with Gasteiger partial charge in [-0.25, -0.2) is 0 Å². The Morgan fingerprint density at radius 1 is 0.581 bits per heavy atom. The molecule has 0 radical (unpaired) electrons. The largest absolute Gasteiger partial charge is 0.377 e. The predicted octanol–water partition coefficient (Wildman–Crippen LogP) is 5.95. The molecule has 6 nitrogen and oxygen atoms in total. The number of methoxy groups -OCH3 is 4. The fraction of sp³-hybridized carbons (Fsp3) is 1.00. The molecule has 0 fully saturated rings. The van der Waals surface area contributed by atoms with Gasteiger partial charge in [-0.3, -0.25) is 0 Å². The highest BCUT2D eigenvalue weighted by Gasteiger charge is 2.44. The van der Waals surface area contributed by atoms with Crippen LogP contribution >= 0.6 is 15.8 Å². The van der Waals surface area contributed by atoms with Gasteiger partial charge in [0.15, 0.2) is 0 Å². The third-order valence-corrected chi connectivity index (χ3v) is 13.5. The van der Waals surface area contributed by atoms with Gasteiger partial charge in [0, 0.05) is 39.8 Å². The number of hydrogen-bond donors (Lipinski definition) is 1. The zero-order valence-corrected chi connectivity index (χ0v) is 23.7. The van der Waals surface area contributed by atoms with E-state index < -0.39 is 15.8 Å². The Bertz CT molecular complexity index is 372. The molecule has 8 heteroatoms. The lowest BCUT2D eigenvalue weighted by Gasteiger charge is -2.45. The minimum Gasteiger partial charge on any atom is -0.377 e. The molecule has 0 aliphatic rings. The normalized spacial score (nSPS) is 22.1. The third-order valence-electron chi connectivity index (χ3n) is 6.08. The first kappa shape index (κ1) is 31.6.